The summed E-state index contributed by atoms with van der Waals surface area (Å²) in [5.41, 5.74) is 1.41. The summed E-state index contributed by atoms with van der Waals surface area (Å²) in [5.74, 6) is 0. The first-order chi connectivity index (χ1) is 11.1. The number of fused-ring (bicyclic) bond motifs is 2. The van der Waals surface area contributed by atoms with E-state index in [9.17, 15) is 9.90 Å². The first kappa shape index (κ1) is 14.9. The van der Waals surface area contributed by atoms with E-state index in [1.165, 1.54) is 0 Å². The summed E-state index contributed by atoms with van der Waals surface area (Å²) in [7, 11) is 0. The van der Waals surface area contributed by atoms with E-state index in [4.69, 9.17) is 4.42 Å². The number of para-hydroxylation sites is 1. The van der Waals surface area contributed by atoms with Crippen LogP contribution in [0.1, 0.15) is 18.9 Å². The lowest BCUT2D eigenvalue weighted by atomic mass is 10.1. The fourth-order valence-corrected chi connectivity index (χ4v) is 3.94. The summed E-state index contributed by atoms with van der Waals surface area (Å²) < 4.78 is 5.63. The molecule has 122 valence electrons. The molecule has 2 aliphatic heterocycles. The molecule has 1 aromatic heterocycles. The molecular formula is C18H22N2O3. The molecule has 0 saturated carbocycles. The second-order valence-electron chi connectivity index (χ2n) is 6.86. The highest BCUT2D eigenvalue weighted by Crippen LogP contribution is 2.26. The van der Waals surface area contributed by atoms with Gasteiger partial charge in [0.25, 0.3) is 0 Å². The summed E-state index contributed by atoms with van der Waals surface area (Å²) in [6.07, 6.45) is 2.22. The zero-order chi connectivity index (χ0) is 16.0. The molecule has 3 atom stereocenters. The van der Waals surface area contributed by atoms with Gasteiger partial charge in [-0.05, 0) is 25.5 Å². The van der Waals surface area contributed by atoms with Gasteiger partial charge in [-0.2, -0.15) is 0 Å². The minimum atomic E-state index is -0.210. The molecule has 1 aromatic carbocycles. The predicted molar refractivity (Wildman–Crippen MR) is 88.3 cm³/mol. The Kier molecular flexibility index (Phi) is 3.71. The molecular weight excluding hydrogens is 292 g/mol. The van der Waals surface area contributed by atoms with E-state index < -0.39 is 0 Å². The highest BCUT2D eigenvalue weighted by atomic mass is 16.3. The second-order valence-corrected chi connectivity index (χ2v) is 6.86. The number of aliphatic hydroxyl groups excluding tert-OH is 1. The monoisotopic (exact) mass is 314 g/mol. The average Bonchev–Trinajstić information content (AvgIpc) is 2.89. The summed E-state index contributed by atoms with van der Waals surface area (Å²) >= 11 is 0. The van der Waals surface area contributed by atoms with Gasteiger partial charge in [-0.15, -0.1) is 0 Å². The Morgan fingerprint density at radius 3 is 2.96 bits per heavy atom. The van der Waals surface area contributed by atoms with E-state index in [1.54, 1.807) is 6.26 Å². The molecule has 0 unspecified atom stereocenters. The van der Waals surface area contributed by atoms with E-state index in [0.29, 0.717) is 35.2 Å². The molecule has 1 N–H and O–H groups in total. The van der Waals surface area contributed by atoms with Crippen molar-refractivity contribution in [2.45, 2.75) is 38.1 Å². The fraction of sp³-hybridized carbons (Fsp3) is 0.500. The summed E-state index contributed by atoms with van der Waals surface area (Å²) in [5, 5.41) is 10.5. The third-order valence-corrected chi connectivity index (χ3v) is 5.20. The van der Waals surface area contributed by atoms with Gasteiger partial charge in [-0.1, -0.05) is 12.1 Å². The summed E-state index contributed by atoms with van der Waals surface area (Å²) in [6, 6.07) is 8.14. The summed E-state index contributed by atoms with van der Waals surface area (Å²) in [4.78, 5) is 17.4. The SMILES string of the molecule is C[C@@H]1CN2C[C@H](O)C[C@@H]2CN1Cc1coc2ccccc2c1=O. The maximum atomic E-state index is 12.7. The molecule has 3 heterocycles. The zero-order valence-electron chi connectivity index (χ0n) is 13.3. The van der Waals surface area contributed by atoms with Gasteiger partial charge in [-0.3, -0.25) is 14.6 Å². The topological polar surface area (TPSA) is 56.9 Å². The van der Waals surface area contributed by atoms with Crippen LogP contribution >= 0.6 is 0 Å². The minimum absolute atomic E-state index is 0.0629. The second kappa shape index (κ2) is 5.74. The Morgan fingerprint density at radius 2 is 2.09 bits per heavy atom. The lowest BCUT2D eigenvalue weighted by Gasteiger charge is -2.42. The normalized spacial score (nSPS) is 29.0. The van der Waals surface area contributed by atoms with E-state index in [2.05, 4.69) is 16.7 Å². The zero-order valence-corrected chi connectivity index (χ0v) is 13.3. The van der Waals surface area contributed by atoms with E-state index in [1.807, 2.05) is 24.3 Å². The Balaban J connectivity index is 1.58. The molecule has 4 rings (SSSR count). The largest absolute Gasteiger partial charge is 0.464 e. The van der Waals surface area contributed by atoms with Crippen molar-refractivity contribution in [3.05, 3.63) is 46.3 Å². The maximum Gasteiger partial charge on any atom is 0.197 e. The van der Waals surface area contributed by atoms with Gasteiger partial charge in [0, 0.05) is 43.8 Å². The van der Waals surface area contributed by atoms with Crippen molar-refractivity contribution >= 4 is 11.0 Å². The van der Waals surface area contributed by atoms with Crippen LogP contribution in [-0.4, -0.2) is 52.7 Å². The lowest BCUT2D eigenvalue weighted by molar-refractivity contribution is 0.0523. The standard InChI is InChI=1S/C18H22N2O3/c1-12-7-20-10-15(21)6-14(20)9-19(12)8-13-11-23-17-5-3-2-4-16(17)18(13)22/h2-5,11-12,14-15,21H,6-10H2,1H3/t12-,14-,15-/m1/s1. The molecule has 2 saturated heterocycles. The predicted octanol–water partition coefficient (Wildman–Crippen LogP) is 1.43. The molecule has 0 radical (unpaired) electrons. The number of benzene rings is 1. The van der Waals surface area contributed by atoms with Crippen LogP contribution in [0, 0.1) is 0 Å². The van der Waals surface area contributed by atoms with E-state index in [-0.39, 0.29) is 11.5 Å². The van der Waals surface area contributed by atoms with Crippen molar-refractivity contribution in [2.24, 2.45) is 0 Å². The van der Waals surface area contributed by atoms with E-state index in [0.717, 1.165) is 26.1 Å². The maximum absolute atomic E-state index is 12.7. The van der Waals surface area contributed by atoms with Gasteiger partial charge in [0.15, 0.2) is 5.43 Å². The molecule has 5 heteroatoms. The number of hydrogen-bond acceptors (Lipinski definition) is 5. The van der Waals surface area contributed by atoms with Crippen LogP contribution in [0.2, 0.25) is 0 Å². The van der Waals surface area contributed by atoms with Crippen molar-refractivity contribution in [2.75, 3.05) is 19.6 Å². The van der Waals surface area contributed by atoms with Gasteiger partial charge < -0.3 is 9.52 Å². The van der Waals surface area contributed by atoms with Gasteiger partial charge >= 0.3 is 0 Å². The molecule has 23 heavy (non-hydrogen) atoms. The lowest BCUT2D eigenvalue weighted by Crippen LogP contribution is -2.54. The Labute approximate surface area is 135 Å². The number of hydrogen-bond donors (Lipinski definition) is 1. The Bertz CT molecular complexity index is 772. The number of aliphatic hydroxyl groups is 1. The average molecular weight is 314 g/mol. The minimum Gasteiger partial charge on any atom is -0.464 e. The number of rotatable bonds is 2. The van der Waals surface area contributed by atoms with Crippen LogP contribution in [0.3, 0.4) is 0 Å². The molecule has 2 fully saturated rings. The van der Waals surface area contributed by atoms with E-state index >= 15 is 0 Å². The molecule has 5 nitrogen and oxygen atoms in total. The third-order valence-electron chi connectivity index (χ3n) is 5.20. The van der Waals surface area contributed by atoms with Gasteiger partial charge in [-0.25, -0.2) is 0 Å². The van der Waals surface area contributed by atoms with Crippen LogP contribution in [0.15, 0.2) is 39.7 Å². The first-order valence-electron chi connectivity index (χ1n) is 8.27. The quantitative estimate of drug-likeness (QED) is 0.909. The van der Waals surface area contributed by atoms with Crippen molar-refractivity contribution in [1.29, 1.82) is 0 Å². The van der Waals surface area contributed by atoms with Gasteiger partial charge in [0.2, 0.25) is 0 Å². The molecule has 2 aliphatic rings. The number of piperazine rings is 1. The summed E-state index contributed by atoms with van der Waals surface area (Å²) in [6.45, 7) is 5.41. The molecule has 0 bridgehead atoms. The molecule has 0 spiro atoms. The van der Waals surface area contributed by atoms with Crippen molar-refractivity contribution in [3.63, 3.8) is 0 Å². The Hall–Kier alpha value is -1.69. The van der Waals surface area contributed by atoms with Gasteiger partial charge in [0.05, 0.1) is 17.8 Å². The van der Waals surface area contributed by atoms with Crippen LogP contribution in [0.4, 0.5) is 0 Å². The van der Waals surface area contributed by atoms with Crippen molar-refractivity contribution < 1.29 is 9.52 Å². The van der Waals surface area contributed by atoms with Gasteiger partial charge in [0.1, 0.15) is 5.58 Å². The van der Waals surface area contributed by atoms with Crippen molar-refractivity contribution in [1.82, 2.24) is 9.80 Å². The first-order valence-corrected chi connectivity index (χ1v) is 8.27. The van der Waals surface area contributed by atoms with Crippen molar-refractivity contribution in [3.8, 4) is 0 Å². The van der Waals surface area contributed by atoms with Crippen LogP contribution in [0.25, 0.3) is 11.0 Å². The molecule has 0 amide bonds. The highest BCUT2D eigenvalue weighted by molar-refractivity contribution is 5.76. The van der Waals surface area contributed by atoms with Crippen LogP contribution in [0.5, 0.6) is 0 Å². The fourth-order valence-electron chi connectivity index (χ4n) is 3.94. The Morgan fingerprint density at radius 1 is 1.26 bits per heavy atom. The van der Waals surface area contributed by atoms with Crippen LogP contribution < -0.4 is 5.43 Å². The number of nitrogens with zero attached hydrogens (tertiary/aromatic N) is 2. The smallest absolute Gasteiger partial charge is 0.197 e. The third kappa shape index (κ3) is 2.69. The molecule has 0 aliphatic carbocycles. The highest BCUT2D eigenvalue weighted by Gasteiger charge is 2.38. The van der Waals surface area contributed by atoms with Crippen LogP contribution in [-0.2, 0) is 6.54 Å². The molecule has 2 aromatic rings.